The first-order valence-corrected chi connectivity index (χ1v) is 6.56. The van der Waals surface area contributed by atoms with Crippen molar-refractivity contribution in [3.05, 3.63) is 23.9 Å². The van der Waals surface area contributed by atoms with Crippen LogP contribution in [-0.2, 0) is 0 Å². The molecule has 0 aromatic rings. The molecule has 0 saturated carbocycles. The Balaban J connectivity index is 0.00000256. The third-order valence-electron chi connectivity index (χ3n) is 2.86. The molecule has 2 unspecified atom stereocenters. The summed E-state index contributed by atoms with van der Waals surface area (Å²) in [6.45, 7) is 4.97. The highest BCUT2D eigenvalue weighted by Crippen LogP contribution is 2.19. The Hall–Kier alpha value is -0.180. The molecule has 1 N–H and O–H groups in total. The zero-order valence-corrected chi connectivity index (χ0v) is 12.2. The van der Waals surface area contributed by atoms with Crippen molar-refractivity contribution in [2.45, 2.75) is 51.1 Å². The van der Waals surface area contributed by atoms with Crippen LogP contribution in [0.3, 0.4) is 0 Å². The molecule has 1 rings (SSSR count). The van der Waals surface area contributed by atoms with Crippen LogP contribution in [0.1, 0.15) is 39.5 Å². The zero-order chi connectivity index (χ0) is 12.0. The van der Waals surface area contributed by atoms with Gasteiger partial charge in [-0.15, -0.1) is 12.4 Å². The van der Waals surface area contributed by atoms with E-state index in [2.05, 4.69) is 11.8 Å². The maximum atomic E-state index is 9.43. The van der Waals surface area contributed by atoms with Crippen LogP contribution in [0.25, 0.3) is 0 Å². The van der Waals surface area contributed by atoms with E-state index in [0.717, 1.165) is 12.1 Å². The van der Waals surface area contributed by atoms with Gasteiger partial charge in [-0.25, -0.2) is 0 Å². The summed E-state index contributed by atoms with van der Waals surface area (Å²) in [5.41, 5.74) is 0.793. The fraction of sp³-hybridized carbons (Fsp3) is 0.692. The van der Waals surface area contributed by atoms with E-state index >= 15 is 0 Å². The predicted molar refractivity (Wildman–Crippen MR) is 76.6 cm³/mol. The molecule has 0 saturated heterocycles. The van der Waals surface area contributed by atoms with Gasteiger partial charge in [0, 0.05) is 12.7 Å². The largest absolute Gasteiger partial charge is 0.389 e. The average molecular weight is 280 g/mol. The molecule has 0 aromatic carbocycles. The van der Waals surface area contributed by atoms with Gasteiger partial charge < -0.3 is 10.0 Å². The van der Waals surface area contributed by atoms with Crippen molar-refractivity contribution >= 4 is 24.0 Å². The molecule has 0 radical (unpaired) electrons. The van der Waals surface area contributed by atoms with Crippen LogP contribution >= 0.6 is 24.0 Å². The van der Waals surface area contributed by atoms with Crippen LogP contribution in [0.15, 0.2) is 23.9 Å². The molecule has 17 heavy (non-hydrogen) atoms. The number of hydrogen-bond acceptors (Lipinski definition) is 2. The molecule has 100 valence electrons. The van der Waals surface area contributed by atoms with E-state index in [4.69, 9.17) is 11.6 Å². The molecular weight excluding hydrogens is 257 g/mol. The van der Waals surface area contributed by atoms with Gasteiger partial charge in [0.05, 0.1) is 6.10 Å². The molecule has 1 aliphatic heterocycles. The minimum atomic E-state index is -0.431. The summed E-state index contributed by atoms with van der Waals surface area (Å²) in [7, 11) is 0. The molecule has 0 aromatic heterocycles. The molecular formula is C13H23Cl2NO. The molecule has 1 aliphatic rings. The number of rotatable bonds is 6. The third-order valence-corrected chi connectivity index (χ3v) is 3.23. The first-order valence-electron chi connectivity index (χ1n) is 6.13. The van der Waals surface area contributed by atoms with Gasteiger partial charge in [0.25, 0.3) is 0 Å². The van der Waals surface area contributed by atoms with E-state index < -0.39 is 6.10 Å². The Labute approximate surface area is 116 Å². The quantitative estimate of drug-likeness (QED) is 0.455. The number of alkyl halides is 1. The van der Waals surface area contributed by atoms with Crippen LogP contribution in [0.4, 0.5) is 0 Å². The second kappa shape index (κ2) is 8.84. The summed E-state index contributed by atoms with van der Waals surface area (Å²) >= 11 is 6.22. The first kappa shape index (κ1) is 16.8. The van der Waals surface area contributed by atoms with Crippen molar-refractivity contribution in [1.82, 2.24) is 4.90 Å². The lowest BCUT2D eigenvalue weighted by atomic mass is 10.1. The Morgan fingerprint density at radius 2 is 2.12 bits per heavy atom. The first-order chi connectivity index (χ1) is 7.65. The van der Waals surface area contributed by atoms with E-state index in [1.54, 1.807) is 6.92 Å². The number of nitrogens with zero attached hydrogens (tertiary/aromatic N) is 1. The van der Waals surface area contributed by atoms with Crippen LogP contribution in [0.5, 0.6) is 0 Å². The number of hydrogen-bond donors (Lipinski definition) is 1. The van der Waals surface area contributed by atoms with Gasteiger partial charge in [0.1, 0.15) is 5.50 Å². The van der Waals surface area contributed by atoms with Crippen LogP contribution in [0.2, 0.25) is 0 Å². The van der Waals surface area contributed by atoms with Gasteiger partial charge in [-0.1, -0.05) is 37.8 Å². The van der Waals surface area contributed by atoms with Crippen LogP contribution < -0.4 is 0 Å². The summed E-state index contributed by atoms with van der Waals surface area (Å²) in [6, 6.07) is 0. The van der Waals surface area contributed by atoms with Gasteiger partial charge in [-0.05, 0) is 31.1 Å². The molecule has 2 atom stereocenters. The van der Waals surface area contributed by atoms with Gasteiger partial charge in [-0.3, -0.25) is 0 Å². The van der Waals surface area contributed by atoms with E-state index in [9.17, 15) is 5.11 Å². The maximum absolute atomic E-state index is 9.43. The molecule has 0 amide bonds. The van der Waals surface area contributed by atoms with Crippen molar-refractivity contribution in [3.8, 4) is 0 Å². The second-order valence-electron chi connectivity index (χ2n) is 4.33. The van der Waals surface area contributed by atoms with E-state index in [1.165, 1.54) is 25.7 Å². The highest BCUT2D eigenvalue weighted by molar-refractivity contribution is 6.21. The standard InChI is InChI=1S/C13H22ClNO.ClH/c1-3-4-5-6-8-15-9-7-12(11(2)16)10-13(15)14;/h7,9-11,13,16H,3-6,8H2,1-2H3;1H. The molecule has 1 heterocycles. The number of aliphatic hydroxyl groups is 1. The number of halogens is 2. The second-order valence-corrected chi connectivity index (χ2v) is 4.78. The topological polar surface area (TPSA) is 23.5 Å². The Morgan fingerprint density at radius 3 is 2.65 bits per heavy atom. The lowest BCUT2D eigenvalue weighted by molar-refractivity contribution is 0.231. The fourth-order valence-corrected chi connectivity index (χ4v) is 2.08. The molecule has 0 spiro atoms. The van der Waals surface area contributed by atoms with Crippen LogP contribution in [0, 0.1) is 0 Å². The summed E-state index contributed by atoms with van der Waals surface area (Å²) in [5.74, 6) is 0. The summed E-state index contributed by atoms with van der Waals surface area (Å²) in [5, 5.41) is 9.43. The lowest BCUT2D eigenvalue weighted by Gasteiger charge is -2.28. The predicted octanol–water partition coefficient (Wildman–Crippen LogP) is 3.69. The fourth-order valence-electron chi connectivity index (χ4n) is 1.77. The van der Waals surface area contributed by atoms with E-state index in [-0.39, 0.29) is 17.9 Å². The van der Waals surface area contributed by atoms with Gasteiger partial charge in [0.15, 0.2) is 0 Å². The molecule has 0 bridgehead atoms. The number of unbranched alkanes of at least 4 members (excludes halogenated alkanes) is 3. The van der Waals surface area contributed by atoms with Gasteiger partial charge >= 0.3 is 0 Å². The normalized spacial score (nSPS) is 20.8. The Bertz CT molecular complexity index is 264. The van der Waals surface area contributed by atoms with E-state index in [1.807, 2.05) is 18.4 Å². The average Bonchev–Trinajstić information content (AvgIpc) is 2.26. The number of aliphatic hydroxyl groups excluding tert-OH is 1. The van der Waals surface area contributed by atoms with E-state index in [0.29, 0.717) is 0 Å². The molecule has 0 aliphatic carbocycles. The Kier molecular flexibility index (Phi) is 8.75. The third kappa shape index (κ3) is 5.80. The van der Waals surface area contributed by atoms with Crippen molar-refractivity contribution in [2.75, 3.05) is 6.54 Å². The molecule has 2 nitrogen and oxygen atoms in total. The van der Waals surface area contributed by atoms with Crippen molar-refractivity contribution in [2.24, 2.45) is 0 Å². The minimum absolute atomic E-state index is 0. The SMILES string of the molecule is CCCCCCN1C=CC(C(C)O)=CC1Cl.Cl. The highest BCUT2D eigenvalue weighted by Gasteiger charge is 2.15. The minimum Gasteiger partial charge on any atom is -0.389 e. The monoisotopic (exact) mass is 279 g/mol. The van der Waals surface area contributed by atoms with Gasteiger partial charge in [-0.2, -0.15) is 0 Å². The molecule has 4 heteroatoms. The zero-order valence-electron chi connectivity index (χ0n) is 10.6. The maximum Gasteiger partial charge on any atom is 0.123 e. The summed E-state index contributed by atoms with van der Waals surface area (Å²) in [6.07, 6.45) is 10.4. The smallest absolute Gasteiger partial charge is 0.123 e. The van der Waals surface area contributed by atoms with Crippen molar-refractivity contribution in [1.29, 1.82) is 0 Å². The van der Waals surface area contributed by atoms with Crippen molar-refractivity contribution < 1.29 is 5.11 Å². The summed E-state index contributed by atoms with van der Waals surface area (Å²) < 4.78 is 0. The summed E-state index contributed by atoms with van der Waals surface area (Å²) in [4.78, 5) is 2.11. The highest BCUT2D eigenvalue weighted by atomic mass is 35.5. The van der Waals surface area contributed by atoms with Crippen LogP contribution in [-0.4, -0.2) is 28.2 Å². The van der Waals surface area contributed by atoms with Crippen molar-refractivity contribution in [3.63, 3.8) is 0 Å². The Morgan fingerprint density at radius 1 is 1.41 bits per heavy atom. The molecule has 0 fully saturated rings. The lowest BCUT2D eigenvalue weighted by Crippen LogP contribution is -2.29. The van der Waals surface area contributed by atoms with Gasteiger partial charge in [0.2, 0.25) is 0 Å².